The van der Waals surface area contributed by atoms with Crippen molar-refractivity contribution in [2.24, 2.45) is 0 Å². The number of rotatable bonds is 1. The standard InChI is InChI=1S/C16H14N2O/c17-10-13-15(11-6-2-1-3-7-11)12-8-4-5-9-14(12)18-16(13)19/h1-3,6-7H,4-5,8-9H2,(H,18,19). The van der Waals surface area contributed by atoms with E-state index in [-0.39, 0.29) is 11.1 Å². The molecule has 2 aromatic rings. The third-order valence-electron chi connectivity index (χ3n) is 3.69. The van der Waals surface area contributed by atoms with E-state index in [1.807, 2.05) is 30.3 Å². The molecule has 1 aliphatic rings. The van der Waals surface area contributed by atoms with Crippen LogP contribution in [0.4, 0.5) is 0 Å². The van der Waals surface area contributed by atoms with E-state index in [0.29, 0.717) is 0 Å². The van der Waals surface area contributed by atoms with Gasteiger partial charge in [-0.3, -0.25) is 4.79 Å². The van der Waals surface area contributed by atoms with Gasteiger partial charge in [-0.15, -0.1) is 0 Å². The normalized spacial score (nSPS) is 13.6. The van der Waals surface area contributed by atoms with Crippen LogP contribution in [0, 0.1) is 11.3 Å². The van der Waals surface area contributed by atoms with Gasteiger partial charge in [0, 0.05) is 11.3 Å². The lowest BCUT2D eigenvalue weighted by Crippen LogP contribution is -2.20. The summed E-state index contributed by atoms with van der Waals surface area (Å²) in [7, 11) is 0. The number of nitrogens with zero attached hydrogens (tertiary/aromatic N) is 1. The molecule has 0 fully saturated rings. The zero-order valence-electron chi connectivity index (χ0n) is 10.6. The van der Waals surface area contributed by atoms with Crippen LogP contribution >= 0.6 is 0 Å². The average Bonchev–Trinajstić information content (AvgIpc) is 2.46. The predicted octanol–water partition coefficient (Wildman–Crippen LogP) is 2.79. The molecular weight excluding hydrogens is 236 g/mol. The summed E-state index contributed by atoms with van der Waals surface area (Å²) in [5.74, 6) is 0. The molecule has 1 aliphatic carbocycles. The van der Waals surface area contributed by atoms with Gasteiger partial charge in [0.25, 0.3) is 5.56 Å². The number of aryl methyl sites for hydroxylation is 1. The van der Waals surface area contributed by atoms with Crippen LogP contribution in [0.5, 0.6) is 0 Å². The van der Waals surface area contributed by atoms with Crippen molar-refractivity contribution < 1.29 is 0 Å². The van der Waals surface area contributed by atoms with Crippen molar-refractivity contribution in [3.63, 3.8) is 0 Å². The van der Waals surface area contributed by atoms with Gasteiger partial charge in [-0.05, 0) is 36.8 Å². The van der Waals surface area contributed by atoms with Crippen LogP contribution in [-0.2, 0) is 12.8 Å². The number of nitrogens with one attached hydrogen (secondary N) is 1. The fourth-order valence-corrected chi connectivity index (χ4v) is 2.81. The molecule has 0 atom stereocenters. The lowest BCUT2D eigenvalue weighted by molar-refractivity contribution is 0.666. The minimum Gasteiger partial charge on any atom is -0.325 e. The van der Waals surface area contributed by atoms with Crippen LogP contribution in [0.1, 0.15) is 29.7 Å². The Hall–Kier alpha value is -2.34. The third-order valence-corrected chi connectivity index (χ3v) is 3.69. The highest BCUT2D eigenvalue weighted by molar-refractivity contribution is 5.74. The first-order chi connectivity index (χ1) is 9.31. The molecule has 19 heavy (non-hydrogen) atoms. The summed E-state index contributed by atoms with van der Waals surface area (Å²) < 4.78 is 0. The van der Waals surface area contributed by atoms with Crippen molar-refractivity contribution in [3.05, 3.63) is 57.5 Å². The molecule has 0 radical (unpaired) electrons. The molecule has 1 aromatic carbocycles. The number of aromatic amines is 1. The number of nitriles is 1. The van der Waals surface area contributed by atoms with Gasteiger partial charge in [-0.1, -0.05) is 30.3 Å². The van der Waals surface area contributed by atoms with Crippen molar-refractivity contribution in [3.8, 4) is 17.2 Å². The quantitative estimate of drug-likeness (QED) is 0.846. The van der Waals surface area contributed by atoms with Crippen molar-refractivity contribution in [2.45, 2.75) is 25.7 Å². The Bertz CT molecular complexity index is 708. The number of benzene rings is 1. The highest BCUT2D eigenvalue weighted by atomic mass is 16.1. The molecule has 0 spiro atoms. The monoisotopic (exact) mass is 250 g/mol. The second-order valence-electron chi connectivity index (χ2n) is 4.85. The van der Waals surface area contributed by atoms with E-state index in [4.69, 9.17) is 0 Å². The predicted molar refractivity (Wildman–Crippen MR) is 73.9 cm³/mol. The Kier molecular flexibility index (Phi) is 2.92. The Balaban J connectivity index is 2.36. The number of pyridine rings is 1. The number of aromatic nitrogens is 1. The van der Waals surface area contributed by atoms with Crippen LogP contribution in [0.3, 0.4) is 0 Å². The first-order valence-electron chi connectivity index (χ1n) is 6.55. The summed E-state index contributed by atoms with van der Waals surface area (Å²) in [6.07, 6.45) is 4.05. The lowest BCUT2D eigenvalue weighted by atomic mass is 9.87. The molecule has 0 bridgehead atoms. The number of fused-ring (bicyclic) bond motifs is 1. The molecule has 0 aliphatic heterocycles. The maximum Gasteiger partial charge on any atom is 0.266 e. The van der Waals surface area contributed by atoms with Crippen molar-refractivity contribution in [2.75, 3.05) is 0 Å². The molecule has 1 heterocycles. The summed E-state index contributed by atoms with van der Waals surface area (Å²) >= 11 is 0. The maximum atomic E-state index is 12.0. The number of hydrogen-bond acceptors (Lipinski definition) is 2. The molecule has 0 unspecified atom stereocenters. The van der Waals surface area contributed by atoms with Crippen LogP contribution < -0.4 is 5.56 Å². The van der Waals surface area contributed by atoms with Gasteiger partial charge in [0.05, 0.1) is 0 Å². The smallest absolute Gasteiger partial charge is 0.266 e. The van der Waals surface area contributed by atoms with E-state index in [0.717, 1.165) is 48.1 Å². The highest BCUT2D eigenvalue weighted by Crippen LogP contribution is 2.31. The summed E-state index contributed by atoms with van der Waals surface area (Å²) in [5, 5.41) is 9.29. The van der Waals surface area contributed by atoms with Gasteiger partial charge in [-0.2, -0.15) is 5.26 Å². The Morgan fingerprint density at radius 2 is 1.84 bits per heavy atom. The topological polar surface area (TPSA) is 56.6 Å². The average molecular weight is 250 g/mol. The zero-order valence-corrected chi connectivity index (χ0v) is 10.6. The lowest BCUT2D eigenvalue weighted by Gasteiger charge is -2.20. The molecule has 94 valence electrons. The van der Waals surface area contributed by atoms with E-state index in [2.05, 4.69) is 11.1 Å². The van der Waals surface area contributed by atoms with Gasteiger partial charge < -0.3 is 4.98 Å². The van der Waals surface area contributed by atoms with Crippen molar-refractivity contribution in [1.82, 2.24) is 4.98 Å². The Morgan fingerprint density at radius 1 is 1.11 bits per heavy atom. The minimum atomic E-state index is -0.262. The number of hydrogen-bond donors (Lipinski definition) is 1. The second-order valence-corrected chi connectivity index (χ2v) is 4.85. The fraction of sp³-hybridized carbons (Fsp3) is 0.250. The molecular formula is C16H14N2O. The van der Waals surface area contributed by atoms with Gasteiger partial charge in [0.2, 0.25) is 0 Å². The molecule has 1 aromatic heterocycles. The van der Waals surface area contributed by atoms with E-state index in [9.17, 15) is 10.1 Å². The first-order valence-corrected chi connectivity index (χ1v) is 6.55. The van der Waals surface area contributed by atoms with Crippen LogP contribution in [-0.4, -0.2) is 4.98 Å². The van der Waals surface area contributed by atoms with E-state index in [1.54, 1.807) is 0 Å². The van der Waals surface area contributed by atoms with Crippen LogP contribution in [0.15, 0.2) is 35.1 Å². The molecule has 0 amide bonds. The van der Waals surface area contributed by atoms with Gasteiger partial charge in [0.15, 0.2) is 0 Å². The first kappa shape index (κ1) is 11.7. The molecule has 0 saturated heterocycles. The van der Waals surface area contributed by atoms with E-state index >= 15 is 0 Å². The van der Waals surface area contributed by atoms with Crippen LogP contribution in [0.2, 0.25) is 0 Å². The molecule has 0 saturated carbocycles. The van der Waals surface area contributed by atoms with E-state index in [1.165, 1.54) is 0 Å². The summed E-state index contributed by atoms with van der Waals surface area (Å²) in [4.78, 5) is 14.9. The van der Waals surface area contributed by atoms with Crippen molar-refractivity contribution >= 4 is 0 Å². The number of H-pyrrole nitrogens is 1. The van der Waals surface area contributed by atoms with Crippen molar-refractivity contribution in [1.29, 1.82) is 5.26 Å². The SMILES string of the molecule is N#Cc1c(-c2ccccc2)c2c([nH]c1=O)CCCC2. The van der Waals surface area contributed by atoms with Gasteiger partial charge >= 0.3 is 0 Å². The fourth-order valence-electron chi connectivity index (χ4n) is 2.81. The largest absolute Gasteiger partial charge is 0.325 e. The summed E-state index contributed by atoms with van der Waals surface area (Å²) in [6, 6.07) is 11.8. The van der Waals surface area contributed by atoms with Gasteiger partial charge in [0.1, 0.15) is 11.6 Å². The summed E-state index contributed by atoms with van der Waals surface area (Å²) in [6.45, 7) is 0. The van der Waals surface area contributed by atoms with Gasteiger partial charge in [-0.25, -0.2) is 0 Å². The molecule has 3 nitrogen and oxygen atoms in total. The third kappa shape index (κ3) is 1.96. The maximum absolute atomic E-state index is 12.0. The second kappa shape index (κ2) is 4.74. The Labute approximate surface area is 111 Å². The zero-order chi connectivity index (χ0) is 13.2. The molecule has 1 N–H and O–H groups in total. The molecule has 3 rings (SSSR count). The van der Waals surface area contributed by atoms with E-state index < -0.39 is 0 Å². The van der Waals surface area contributed by atoms with Crippen LogP contribution in [0.25, 0.3) is 11.1 Å². The minimum absolute atomic E-state index is 0.242. The molecule has 3 heteroatoms. The Morgan fingerprint density at radius 3 is 2.58 bits per heavy atom. The highest BCUT2D eigenvalue weighted by Gasteiger charge is 2.20. The summed E-state index contributed by atoms with van der Waals surface area (Å²) in [5.41, 5.74) is 3.93.